The molecule has 0 aliphatic carbocycles. The van der Waals surface area contributed by atoms with Crippen molar-refractivity contribution >= 4 is 6.29 Å². The van der Waals surface area contributed by atoms with Crippen LogP contribution in [0.3, 0.4) is 0 Å². The van der Waals surface area contributed by atoms with E-state index >= 15 is 0 Å². The topological polar surface area (TPSA) is 41.6 Å². The highest BCUT2D eigenvalue weighted by molar-refractivity contribution is 5.49. The van der Waals surface area contributed by atoms with E-state index in [0.29, 0.717) is 31.1 Å². The van der Waals surface area contributed by atoms with E-state index in [4.69, 9.17) is 4.74 Å². The molecule has 0 amide bonds. The van der Waals surface area contributed by atoms with Gasteiger partial charge in [-0.15, -0.1) is 0 Å². The standard InChI is InChI=1S/C25H29F3N2O2/c26-25(27,28)23-6-2-1-4-20(23)16-30-11-9-18(5-3-12-31)22(17-30)19-7-8-24-21(14-19)15-29-10-13-32-24/h1-2,4,6-8,12,14,18,22,29H,3,5,9-11,13,15-17H2. The highest BCUT2D eigenvalue weighted by atomic mass is 19.4. The first-order valence-electron chi connectivity index (χ1n) is 11.2. The fourth-order valence-corrected chi connectivity index (χ4v) is 4.96. The predicted octanol–water partition coefficient (Wildman–Crippen LogP) is 4.77. The summed E-state index contributed by atoms with van der Waals surface area (Å²) >= 11 is 0. The van der Waals surface area contributed by atoms with E-state index < -0.39 is 11.7 Å². The van der Waals surface area contributed by atoms with Gasteiger partial charge in [-0.25, -0.2) is 0 Å². The van der Waals surface area contributed by atoms with Crippen LogP contribution in [0.5, 0.6) is 5.75 Å². The van der Waals surface area contributed by atoms with Gasteiger partial charge < -0.3 is 14.8 Å². The van der Waals surface area contributed by atoms with Crippen molar-refractivity contribution in [1.82, 2.24) is 10.2 Å². The van der Waals surface area contributed by atoms with E-state index in [1.165, 1.54) is 11.6 Å². The number of carbonyl (C=O) groups excluding carboxylic acids is 1. The molecule has 1 N–H and O–H groups in total. The molecular formula is C25H29F3N2O2. The van der Waals surface area contributed by atoms with Crippen LogP contribution in [0.2, 0.25) is 0 Å². The summed E-state index contributed by atoms with van der Waals surface area (Å²) < 4.78 is 46.2. The zero-order valence-electron chi connectivity index (χ0n) is 18.0. The predicted molar refractivity (Wildman–Crippen MR) is 117 cm³/mol. The molecule has 0 aromatic heterocycles. The Morgan fingerprint density at radius 2 is 2.03 bits per heavy atom. The summed E-state index contributed by atoms with van der Waals surface area (Å²) in [6.07, 6.45) is -1.24. The largest absolute Gasteiger partial charge is 0.492 e. The van der Waals surface area contributed by atoms with Crippen LogP contribution >= 0.6 is 0 Å². The summed E-state index contributed by atoms with van der Waals surface area (Å²) in [5, 5.41) is 3.35. The van der Waals surface area contributed by atoms with Crippen LogP contribution in [0, 0.1) is 5.92 Å². The van der Waals surface area contributed by atoms with Crippen molar-refractivity contribution in [3.8, 4) is 5.75 Å². The third-order valence-electron chi connectivity index (χ3n) is 6.58. The third-order valence-corrected chi connectivity index (χ3v) is 6.58. The minimum Gasteiger partial charge on any atom is -0.492 e. The molecule has 4 rings (SSSR count). The molecule has 2 heterocycles. The first kappa shape index (κ1) is 22.8. The van der Waals surface area contributed by atoms with Gasteiger partial charge >= 0.3 is 6.18 Å². The number of halogens is 3. The molecule has 0 bridgehead atoms. The maximum atomic E-state index is 13.5. The molecule has 0 saturated carbocycles. The fourth-order valence-electron chi connectivity index (χ4n) is 4.96. The fraction of sp³-hybridized carbons (Fsp3) is 0.480. The van der Waals surface area contributed by atoms with E-state index in [1.807, 2.05) is 6.07 Å². The number of aldehydes is 1. The Kier molecular flexibility index (Phi) is 7.16. The Morgan fingerprint density at radius 3 is 2.84 bits per heavy atom. The van der Waals surface area contributed by atoms with Crippen molar-refractivity contribution < 1.29 is 22.7 Å². The summed E-state index contributed by atoms with van der Waals surface area (Å²) in [7, 11) is 0. The second-order valence-electron chi connectivity index (χ2n) is 8.68. The first-order valence-corrected chi connectivity index (χ1v) is 11.2. The molecule has 1 saturated heterocycles. The number of alkyl halides is 3. The highest BCUT2D eigenvalue weighted by Crippen LogP contribution is 2.39. The lowest BCUT2D eigenvalue weighted by Crippen LogP contribution is -2.39. The van der Waals surface area contributed by atoms with E-state index in [-0.39, 0.29) is 12.5 Å². The van der Waals surface area contributed by atoms with Crippen LogP contribution in [-0.4, -0.2) is 37.4 Å². The van der Waals surface area contributed by atoms with Gasteiger partial charge in [-0.1, -0.05) is 30.3 Å². The molecule has 4 nitrogen and oxygen atoms in total. The summed E-state index contributed by atoms with van der Waals surface area (Å²) in [5.41, 5.74) is 2.02. The maximum absolute atomic E-state index is 13.5. The minimum atomic E-state index is -4.36. The van der Waals surface area contributed by atoms with Crippen LogP contribution in [0.1, 0.15) is 47.4 Å². The number of nitrogens with zero attached hydrogens (tertiary/aromatic N) is 1. The Morgan fingerprint density at radius 1 is 1.19 bits per heavy atom. The highest BCUT2D eigenvalue weighted by Gasteiger charge is 2.35. The van der Waals surface area contributed by atoms with Crippen LogP contribution in [0.4, 0.5) is 13.2 Å². The lowest BCUT2D eigenvalue weighted by Gasteiger charge is -2.39. The van der Waals surface area contributed by atoms with Crippen molar-refractivity contribution in [2.24, 2.45) is 5.92 Å². The van der Waals surface area contributed by atoms with Crippen LogP contribution in [0.25, 0.3) is 0 Å². The SMILES string of the molecule is O=CCCC1CCN(Cc2ccccc2C(F)(F)F)CC1c1ccc2c(c1)CNCCO2. The molecule has 1 fully saturated rings. The minimum absolute atomic E-state index is 0.162. The maximum Gasteiger partial charge on any atom is 0.416 e. The molecule has 0 spiro atoms. The number of likely N-dealkylation sites (tertiary alicyclic amines) is 1. The molecule has 2 aromatic rings. The van der Waals surface area contributed by atoms with Gasteiger partial charge in [0, 0.05) is 38.2 Å². The molecule has 2 unspecified atom stereocenters. The lowest BCUT2D eigenvalue weighted by molar-refractivity contribution is -0.138. The Bertz CT molecular complexity index is 932. The molecule has 2 aliphatic rings. The van der Waals surface area contributed by atoms with Gasteiger partial charge in [0.2, 0.25) is 0 Å². The summed E-state index contributed by atoms with van der Waals surface area (Å²) in [6.45, 7) is 3.82. The van der Waals surface area contributed by atoms with Gasteiger partial charge in [-0.3, -0.25) is 4.90 Å². The molecule has 7 heteroatoms. The van der Waals surface area contributed by atoms with Crippen LogP contribution in [0.15, 0.2) is 42.5 Å². The van der Waals surface area contributed by atoms with Crippen molar-refractivity contribution in [2.75, 3.05) is 26.2 Å². The molecule has 172 valence electrons. The summed E-state index contributed by atoms with van der Waals surface area (Å²) in [6, 6.07) is 12.1. The molecule has 32 heavy (non-hydrogen) atoms. The Hall–Kier alpha value is -2.38. The molecular weight excluding hydrogens is 417 g/mol. The number of piperidine rings is 1. The second kappa shape index (κ2) is 10.0. The average Bonchev–Trinajstić information content (AvgIpc) is 3.03. The van der Waals surface area contributed by atoms with Gasteiger partial charge in [0.25, 0.3) is 0 Å². The molecule has 2 aliphatic heterocycles. The third kappa shape index (κ3) is 5.33. The van der Waals surface area contributed by atoms with E-state index in [2.05, 4.69) is 22.3 Å². The summed E-state index contributed by atoms with van der Waals surface area (Å²) in [5.74, 6) is 1.37. The van der Waals surface area contributed by atoms with Gasteiger partial charge in [0.05, 0.1) is 5.56 Å². The van der Waals surface area contributed by atoms with Crippen LogP contribution in [-0.2, 0) is 24.1 Å². The van der Waals surface area contributed by atoms with E-state index in [0.717, 1.165) is 56.1 Å². The number of hydrogen-bond acceptors (Lipinski definition) is 4. The van der Waals surface area contributed by atoms with Crippen molar-refractivity contribution in [3.05, 3.63) is 64.7 Å². The number of ether oxygens (including phenoxy) is 1. The van der Waals surface area contributed by atoms with Crippen LogP contribution < -0.4 is 10.1 Å². The van der Waals surface area contributed by atoms with Gasteiger partial charge in [-0.2, -0.15) is 13.2 Å². The second-order valence-corrected chi connectivity index (χ2v) is 8.68. The quantitative estimate of drug-likeness (QED) is 0.649. The molecule has 2 atom stereocenters. The number of fused-ring (bicyclic) bond motifs is 1. The molecule has 2 aromatic carbocycles. The smallest absolute Gasteiger partial charge is 0.416 e. The van der Waals surface area contributed by atoms with Crippen molar-refractivity contribution in [3.63, 3.8) is 0 Å². The number of benzene rings is 2. The monoisotopic (exact) mass is 446 g/mol. The van der Waals surface area contributed by atoms with Gasteiger partial charge in [-0.05, 0) is 54.5 Å². The van der Waals surface area contributed by atoms with E-state index in [9.17, 15) is 18.0 Å². The van der Waals surface area contributed by atoms with Gasteiger partial charge in [0.1, 0.15) is 18.6 Å². The lowest BCUT2D eigenvalue weighted by atomic mass is 9.77. The zero-order valence-corrected chi connectivity index (χ0v) is 18.0. The van der Waals surface area contributed by atoms with E-state index in [1.54, 1.807) is 12.1 Å². The molecule has 0 radical (unpaired) electrons. The van der Waals surface area contributed by atoms with Crippen molar-refractivity contribution in [2.45, 2.75) is 44.4 Å². The average molecular weight is 447 g/mol. The number of carbonyl (C=O) groups is 1. The van der Waals surface area contributed by atoms with Gasteiger partial charge in [0.15, 0.2) is 0 Å². The zero-order chi connectivity index (χ0) is 22.6. The number of hydrogen-bond donors (Lipinski definition) is 1. The Labute approximate surface area is 186 Å². The normalized spacial score (nSPS) is 22.0. The number of rotatable bonds is 6. The summed E-state index contributed by atoms with van der Waals surface area (Å²) in [4.78, 5) is 13.1. The number of nitrogens with one attached hydrogen (secondary N) is 1. The Balaban J connectivity index is 1.57. The first-order chi connectivity index (χ1) is 15.5. The van der Waals surface area contributed by atoms with Crippen molar-refractivity contribution in [1.29, 1.82) is 0 Å².